The fourth-order valence-electron chi connectivity index (χ4n) is 5.16. The van der Waals surface area contributed by atoms with E-state index in [0.29, 0.717) is 67.1 Å². The highest BCUT2D eigenvalue weighted by Crippen LogP contribution is 2.39. The molecule has 0 aliphatic carbocycles. The number of benzene rings is 2. The van der Waals surface area contributed by atoms with E-state index in [2.05, 4.69) is 10.3 Å². The average molecular weight is 563 g/mol. The summed E-state index contributed by atoms with van der Waals surface area (Å²) >= 11 is 0. The number of aromatic nitrogens is 1. The van der Waals surface area contributed by atoms with Crippen molar-refractivity contribution in [1.82, 2.24) is 15.2 Å². The third-order valence-corrected chi connectivity index (χ3v) is 7.21. The van der Waals surface area contributed by atoms with Gasteiger partial charge in [0.1, 0.15) is 29.0 Å². The molecule has 3 aromatic rings. The molecule has 1 fully saturated rings. The minimum Gasteiger partial charge on any atom is -0.496 e. The Balaban J connectivity index is 1.35. The van der Waals surface area contributed by atoms with E-state index in [-0.39, 0.29) is 29.5 Å². The van der Waals surface area contributed by atoms with Crippen LogP contribution in [0.5, 0.6) is 11.5 Å². The number of pyridine rings is 1. The first kappa shape index (κ1) is 28.2. The van der Waals surface area contributed by atoms with E-state index in [1.54, 1.807) is 41.3 Å². The number of amides is 2. The Labute approximate surface area is 238 Å². The van der Waals surface area contributed by atoms with Gasteiger partial charge in [-0.25, -0.2) is 9.78 Å². The quantitative estimate of drug-likeness (QED) is 0.410. The van der Waals surface area contributed by atoms with E-state index in [1.807, 2.05) is 26.8 Å². The second-order valence-electron chi connectivity index (χ2n) is 11.3. The van der Waals surface area contributed by atoms with Crippen LogP contribution in [0.2, 0.25) is 0 Å². The molecule has 0 bridgehead atoms. The summed E-state index contributed by atoms with van der Waals surface area (Å²) in [4.78, 5) is 30.2. The van der Waals surface area contributed by atoms with Crippen molar-refractivity contribution in [2.45, 2.75) is 51.7 Å². The lowest BCUT2D eigenvalue weighted by molar-refractivity contribution is 0.0126. The van der Waals surface area contributed by atoms with Crippen LogP contribution in [0.3, 0.4) is 0 Å². The zero-order chi connectivity index (χ0) is 29.3. The molecule has 9 nitrogen and oxygen atoms in total. The fourth-order valence-corrected chi connectivity index (χ4v) is 5.16. The second-order valence-corrected chi connectivity index (χ2v) is 11.3. The SMILES string of the molecule is COc1cc(OC2CCN(C(=O)OC(C)(C)C)CC2)ccc1-c1cc(-c2ccc3c(c2)CCNC3=O)c(N)nc1F. The lowest BCUT2D eigenvalue weighted by Gasteiger charge is -2.33. The maximum absolute atomic E-state index is 15.2. The number of hydrogen-bond acceptors (Lipinski definition) is 7. The highest BCUT2D eigenvalue weighted by Gasteiger charge is 2.28. The Morgan fingerprint density at radius 1 is 1.05 bits per heavy atom. The monoisotopic (exact) mass is 562 g/mol. The van der Waals surface area contributed by atoms with Gasteiger partial charge in [0.2, 0.25) is 5.95 Å². The highest BCUT2D eigenvalue weighted by atomic mass is 19.1. The Bertz CT molecular complexity index is 1480. The van der Waals surface area contributed by atoms with E-state index in [4.69, 9.17) is 19.9 Å². The number of fused-ring (bicyclic) bond motifs is 1. The van der Waals surface area contributed by atoms with Gasteiger partial charge in [0.15, 0.2) is 0 Å². The van der Waals surface area contributed by atoms with Crippen LogP contribution in [-0.2, 0) is 11.2 Å². The van der Waals surface area contributed by atoms with Gasteiger partial charge in [0, 0.05) is 60.8 Å². The number of hydrogen-bond donors (Lipinski definition) is 2. The fraction of sp³-hybridized carbons (Fsp3) is 0.387. The van der Waals surface area contributed by atoms with Gasteiger partial charge in [-0.1, -0.05) is 12.1 Å². The van der Waals surface area contributed by atoms with Gasteiger partial charge in [-0.05, 0) is 62.6 Å². The minimum atomic E-state index is -0.718. The molecule has 0 atom stereocenters. The van der Waals surface area contributed by atoms with Gasteiger partial charge >= 0.3 is 6.09 Å². The zero-order valence-electron chi connectivity index (χ0n) is 23.8. The van der Waals surface area contributed by atoms with Crippen molar-refractivity contribution in [2.24, 2.45) is 0 Å². The molecular weight excluding hydrogens is 527 g/mol. The van der Waals surface area contributed by atoms with Crippen LogP contribution in [0, 0.1) is 5.95 Å². The molecule has 0 spiro atoms. The molecule has 2 aromatic carbocycles. The number of rotatable bonds is 5. The Kier molecular flexibility index (Phi) is 7.75. The first-order valence-electron chi connectivity index (χ1n) is 13.7. The van der Waals surface area contributed by atoms with E-state index in [1.165, 1.54) is 7.11 Å². The molecule has 10 heteroatoms. The number of nitrogens with one attached hydrogen (secondary N) is 1. The normalized spacial score (nSPS) is 15.6. The zero-order valence-corrected chi connectivity index (χ0v) is 23.8. The number of halogens is 1. The lowest BCUT2D eigenvalue weighted by Crippen LogP contribution is -2.44. The van der Waals surface area contributed by atoms with Crippen molar-refractivity contribution in [3.8, 4) is 33.8 Å². The van der Waals surface area contributed by atoms with Crippen molar-refractivity contribution < 1.29 is 28.2 Å². The summed E-state index contributed by atoms with van der Waals surface area (Å²) < 4.78 is 32.5. The van der Waals surface area contributed by atoms with Gasteiger partial charge in [0.25, 0.3) is 5.91 Å². The smallest absolute Gasteiger partial charge is 0.410 e. The molecule has 1 aromatic heterocycles. The van der Waals surface area contributed by atoms with Crippen molar-refractivity contribution >= 4 is 17.8 Å². The van der Waals surface area contributed by atoms with Crippen LogP contribution < -0.4 is 20.5 Å². The molecule has 2 amide bonds. The molecule has 1 saturated heterocycles. The van der Waals surface area contributed by atoms with Crippen LogP contribution in [-0.4, -0.2) is 60.3 Å². The molecule has 2 aliphatic rings. The topological polar surface area (TPSA) is 116 Å². The number of nitrogens with zero attached hydrogens (tertiary/aromatic N) is 2. The van der Waals surface area contributed by atoms with Crippen LogP contribution >= 0.6 is 0 Å². The summed E-state index contributed by atoms with van der Waals surface area (Å²) in [7, 11) is 1.51. The van der Waals surface area contributed by atoms with E-state index < -0.39 is 11.5 Å². The Morgan fingerprint density at radius 2 is 1.78 bits per heavy atom. The van der Waals surface area contributed by atoms with Gasteiger partial charge < -0.3 is 30.2 Å². The standard InChI is InChI=1S/C31H35FN4O5/c1-31(2,3)41-30(38)36-13-10-20(11-14-36)40-21-6-8-23(26(16-21)39-4)25-17-24(28(33)35-27(25)32)18-5-7-22-19(15-18)9-12-34-29(22)37/h5-8,15-17,20H,9-14H2,1-4H3,(H2,33,35)(H,34,37). The first-order valence-corrected chi connectivity index (χ1v) is 13.7. The van der Waals surface area contributed by atoms with Gasteiger partial charge in [0.05, 0.1) is 7.11 Å². The predicted octanol–water partition coefficient (Wildman–Crippen LogP) is 5.21. The third-order valence-electron chi connectivity index (χ3n) is 7.21. The van der Waals surface area contributed by atoms with E-state index >= 15 is 4.39 Å². The molecule has 3 N–H and O–H groups in total. The number of likely N-dealkylation sites (tertiary alicyclic amines) is 1. The van der Waals surface area contributed by atoms with Crippen molar-refractivity contribution in [3.63, 3.8) is 0 Å². The number of nitrogen functional groups attached to an aromatic ring is 1. The Hall–Kier alpha value is -4.34. The largest absolute Gasteiger partial charge is 0.496 e. The summed E-state index contributed by atoms with van der Waals surface area (Å²) in [5.41, 5.74) is 9.20. The third kappa shape index (κ3) is 6.21. The summed E-state index contributed by atoms with van der Waals surface area (Å²) in [6, 6.07) is 12.3. The molecule has 0 radical (unpaired) electrons. The van der Waals surface area contributed by atoms with Crippen LogP contribution in [0.1, 0.15) is 49.5 Å². The summed E-state index contributed by atoms with van der Waals surface area (Å²) in [5, 5.41) is 2.83. The predicted molar refractivity (Wildman–Crippen MR) is 154 cm³/mol. The Morgan fingerprint density at radius 3 is 2.49 bits per heavy atom. The number of nitrogens with two attached hydrogens (primary N) is 1. The molecular formula is C31H35FN4O5. The first-order chi connectivity index (χ1) is 19.5. The number of carbonyl (C=O) groups is 2. The molecule has 41 heavy (non-hydrogen) atoms. The van der Waals surface area contributed by atoms with Crippen molar-refractivity contribution in [2.75, 3.05) is 32.5 Å². The van der Waals surface area contributed by atoms with Gasteiger partial charge in [-0.3, -0.25) is 4.79 Å². The lowest BCUT2D eigenvalue weighted by atomic mass is 9.94. The summed E-state index contributed by atoms with van der Waals surface area (Å²) in [6.45, 7) is 7.17. The molecule has 2 aliphatic heterocycles. The summed E-state index contributed by atoms with van der Waals surface area (Å²) in [5.74, 6) is 0.239. The maximum Gasteiger partial charge on any atom is 0.410 e. The maximum atomic E-state index is 15.2. The number of piperidine rings is 1. The van der Waals surface area contributed by atoms with Crippen molar-refractivity contribution in [1.29, 1.82) is 0 Å². The number of ether oxygens (including phenoxy) is 3. The molecule has 3 heterocycles. The molecule has 0 saturated carbocycles. The van der Waals surface area contributed by atoms with Gasteiger partial charge in [-0.2, -0.15) is 4.39 Å². The van der Waals surface area contributed by atoms with E-state index in [0.717, 1.165) is 11.1 Å². The average Bonchev–Trinajstić information content (AvgIpc) is 2.93. The number of carbonyl (C=O) groups excluding carboxylic acids is 2. The number of methoxy groups -OCH3 is 1. The van der Waals surface area contributed by atoms with Crippen LogP contribution in [0.15, 0.2) is 42.5 Å². The van der Waals surface area contributed by atoms with Crippen LogP contribution in [0.25, 0.3) is 22.3 Å². The number of anilines is 1. The van der Waals surface area contributed by atoms with Crippen LogP contribution in [0.4, 0.5) is 15.0 Å². The van der Waals surface area contributed by atoms with E-state index in [9.17, 15) is 9.59 Å². The molecule has 0 unspecified atom stereocenters. The van der Waals surface area contributed by atoms with Gasteiger partial charge in [-0.15, -0.1) is 0 Å². The second kappa shape index (κ2) is 11.3. The molecule has 5 rings (SSSR count). The molecule has 216 valence electrons. The highest BCUT2D eigenvalue weighted by molar-refractivity contribution is 5.97. The van der Waals surface area contributed by atoms with Crippen molar-refractivity contribution in [3.05, 3.63) is 59.5 Å². The summed E-state index contributed by atoms with van der Waals surface area (Å²) in [6.07, 6.45) is 1.61. The minimum absolute atomic E-state index is 0.0584.